The number of halogens is 2. The molecule has 0 unspecified atom stereocenters. The lowest BCUT2D eigenvalue weighted by molar-refractivity contribution is 0.0946. The first kappa shape index (κ1) is 13.5. The standard InChI is InChI=1S/C14H17BrFNO/c15-11-6-3-7-12(16)13(11)14(18)17-9-8-10-4-1-2-5-10/h3,6-7,10H,1-2,4-5,8-9H2,(H,17,18). The summed E-state index contributed by atoms with van der Waals surface area (Å²) < 4.78 is 14.0. The summed E-state index contributed by atoms with van der Waals surface area (Å²) >= 11 is 3.21. The second-order valence-electron chi connectivity index (χ2n) is 4.79. The fourth-order valence-electron chi connectivity index (χ4n) is 2.49. The lowest BCUT2D eigenvalue weighted by Crippen LogP contribution is -2.26. The highest BCUT2D eigenvalue weighted by Gasteiger charge is 2.17. The molecule has 18 heavy (non-hydrogen) atoms. The maximum atomic E-state index is 13.5. The van der Waals surface area contributed by atoms with Crippen LogP contribution in [0.1, 0.15) is 42.5 Å². The van der Waals surface area contributed by atoms with Crippen molar-refractivity contribution in [3.8, 4) is 0 Å². The van der Waals surface area contributed by atoms with Gasteiger partial charge in [-0.3, -0.25) is 4.79 Å². The average molecular weight is 314 g/mol. The van der Waals surface area contributed by atoms with Crippen LogP contribution in [0.3, 0.4) is 0 Å². The molecule has 0 radical (unpaired) electrons. The molecule has 1 N–H and O–H groups in total. The van der Waals surface area contributed by atoms with E-state index in [1.54, 1.807) is 12.1 Å². The summed E-state index contributed by atoms with van der Waals surface area (Å²) in [5.74, 6) is -0.0879. The van der Waals surface area contributed by atoms with Crippen LogP contribution < -0.4 is 5.32 Å². The van der Waals surface area contributed by atoms with Crippen LogP contribution in [0.5, 0.6) is 0 Å². The zero-order valence-corrected chi connectivity index (χ0v) is 11.8. The number of rotatable bonds is 4. The maximum Gasteiger partial charge on any atom is 0.255 e. The van der Waals surface area contributed by atoms with Crippen LogP contribution in [0.4, 0.5) is 4.39 Å². The Bertz CT molecular complexity index is 410. The lowest BCUT2D eigenvalue weighted by Gasteiger charge is -2.11. The normalized spacial score (nSPS) is 15.9. The third kappa shape index (κ3) is 3.31. The Morgan fingerprint density at radius 3 is 2.78 bits per heavy atom. The van der Waals surface area contributed by atoms with Crippen molar-refractivity contribution in [3.05, 3.63) is 34.1 Å². The second-order valence-corrected chi connectivity index (χ2v) is 5.65. The van der Waals surface area contributed by atoms with Crippen molar-refractivity contribution >= 4 is 21.8 Å². The topological polar surface area (TPSA) is 29.1 Å². The highest BCUT2D eigenvalue weighted by atomic mass is 79.9. The molecule has 2 rings (SSSR count). The van der Waals surface area contributed by atoms with Gasteiger partial charge >= 0.3 is 0 Å². The van der Waals surface area contributed by atoms with Crippen molar-refractivity contribution in [1.82, 2.24) is 5.32 Å². The van der Waals surface area contributed by atoms with Gasteiger partial charge in [-0.05, 0) is 40.4 Å². The molecule has 0 bridgehead atoms. The van der Waals surface area contributed by atoms with Gasteiger partial charge in [-0.1, -0.05) is 31.7 Å². The van der Waals surface area contributed by atoms with E-state index >= 15 is 0 Å². The number of hydrogen-bond donors (Lipinski definition) is 1. The van der Waals surface area contributed by atoms with E-state index in [0.29, 0.717) is 11.0 Å². The average Bonchev–Trinajstić information content (AvgIpc) is 2.82. The Morgan fingerprint density at radius 2 is 2.11 bits per heavy atom. The fraction of sp³-hybridized carbons (Fsp3) is 0.500. The predicted molar refractivity (Wildman–Crippen MR) is 73.0 cm³/mol. The van der Waals surface area contributed by atoms with Gasteiger partial charge in [-0.25, -0.2) is 4.39 Å². The highest BCUT2D eigenvalue weighted by molar-refractivity contribution is 9.10. The summed E-state index contributed by atoms with van der Waals surface area (Å²) in [7, 11) is 0. The third-order valence-corrected chi connectivity index (χ3v) is 4.16. The fourth-order valence-corrected chi connectivity index (χ4v) is 3.01. The molecule has 4 heteroatoms. The van der Waals surface area contributed by atoms with E-state index < -0.39 is 5.82 Å². The molecule has 1 saturated carbocycles. The number of nitrogens with one attached hydrogen (secondary N) is 1. The summed E-state index contributed by atoms with van der Waals surface area (Å²) in [6.07, 6.45) is 6.13. The van der Waals surface area contributed by atoms with E-state index in [9.17, 15) is 9.18 Å². The Kier molecular flexibility index (Phi) is 4.75. The van der Waals surface area contributed by atoms with E-state index in [0.717, 1.165) is 12.3 Å². The minimum atomic E-state index is -0.484. The molecule has 1 fully saturated rings. The van der Waals surface area contributed by atoms with Crippen LogP contribution in [-0.4, -0.2) is 12.5 Å². The molecule has 1 aliphatic rings. The molecular formula is C14H17BrFNO. The smallest absolute Gasteiger partial charge is 0.255 e. The van der Waals surface area contributed by atoms with E-state index in [-0.39, 0.29) is 11.5 Å². The Hall–Kier alpha value is -0.900. The molecule has 1 amide bonds. The largest absolute Gasteiger partial charge is 0.352 e. The Morgan fingerprint density at radius 1 is 1.39 bits per heavy atom. The maximum absolute atomic E-state index is 13.5. The monoisotopic (exact) mass is 313 g/mol. The third-order valence-electron chi connectivity index (χ3n) is 3.50. The van der Waals surface area contributed by atoms with E-state index in [4.69, 9.17) is 0 Å². The number of carbonyl (C=O) groups is 1. The number of hydrogen-bond acceptors (Lipinski definition) is 1. The van der Waals surface area contributed by atoms with Gasteiger partial charge in [-0.15, -0.1) is 0 Å². The van der Waals surface area contributed by atoms with Gasteiger partial charge in [0.15, 0.2) is 0 Å². The van der Waals surface area contributed by atoms with Crippen LogP contribution in [0.15, 0.2) is 22.7 Å². The van der Waals surface area contributed by atoms with Crippen molar-refractivity contribution in [2.45, 2.75) is 32.1 Å². The summed E-state index contributed by atoms with van der Waals surface area (Å²) in [6, 6.07) is 4.56. The molecule has 0 spiro atoms. The van der Waals surface area contributed by atoms with Crippen molar-refractivity contribution in [2.75, 3.05) is 6.54 Å². The lowest BCUT2D eigenvalue weighted by atomic mass is 10.0. The van der Waals surface area contributed by atoms with Gasteiger partial charge in [0, 0.05) is 11.0 Å². The van der Waals surface area contributed by atoms with Gasteiger partial charge in [-0.2, -0.15) is 0 Å². The molecule has 0 aliphatic heterocycles. The molecule has 1 aliphatic carbocycles. The van der Waals surface area contributed by atoms with Gasteiger partial charge in [0.25, 0.3) is 5.91 Å². The van der Waals surface area contributed by atoms with Crippen LogP contribution in [-0.2, 0) is 0 Å². The van der Waals surface area contributed by atoms with Gasteiger partial charge < -0.3 is 5.32 Å². The number of benzene rings is 1. The molecule has 0 heterocycles. The van der Waals surface area contributed by atoms with Crippen LogP contribution in [0.25, 0.3) is 0 Å². The molecule has 2 nitrogen and oxygen atoms in total. The quantitative estimate of drug-likeness (QED) is 0.897. The molecular weight excluding hydrogens is 297 g/mol. The summed E-state index contributed by atoms with van der Waals surface area (Å²) in [5.41, 5.74) is 0.101. The minimum absolute atomic E-state index is 0.101. The first-order chi connectivity index (χ1) is 8.68. The van der Waals surface area contributed by atoms with Crippen molar-refractivity contribution in [2.24, 2.45) is 5.92 Å². The molecule has 0 atom stereocenters. The van der Waals surface area contributed by atoms with E-state index in [1.807, 2.05) is 0 Å². The van der Waals surface area contributed by atoms with Gasteiger partial charge in [0.1, 0.15) is 5.82 Å². The minimum Gasteiger partial charge on any atom is -0.352 e. The van der Waals surface area contributed by atoms with E-state index in [1.165, 1.54) is 31.7 Å². The first-order valence-corrected chi connectivity index (χ1v) is 7.20. The summed E-state index contributed by atoms with van der Waals surface area (Å²) in [4.78, 5) is 11.9. The molecule has 0 aromatic heterocycles. The SMILES string of the molecule is O=C(NCCC1CCCC1)c1c(F)cccc1Br. The predicted octanol–water partition coefficient (Wildman–Crippen LogP) is 3.90. The highest BCUT2D eigenvalue weighted by Crippen LogP contribution is 2.27. The molecule has 1 aromatic carbocycles. The summed E-state index contributed by atoms with van der Waals surface area (Å²) in [6.45, 7) is 0.629. The number of amides is 1. The molecule has 1 aromatic rings. The Labute approximate surface area is 115 Å². The van der Waals surface area contributed by atoms with Gasteiger partial charge in [0.05, 0.1) is 5.56 Å². The van der Waals surface area contributed by atoms with Crippen molar-refractivity contribution < 1.29 is 9.18 Å². The van der Waals surface area contributed by atoms with Crippen LogP contribution in [0, 0.1) is 11.7 Å². The van der Waals surface area contributed by atoms with Crippen LogP contribution >= 0.6 is 15.9 Å². The molecule has 98 valence electrons. The van der Waals surface area contributed by atoms with E-state index in [2.05, 4.69) is 21.2 Å². The zero-order chi connectivity index (χ0) is 13.0. The zero-order valence-electron chi connectivity index (χ0n) is 10.2. The summed E-state index contributed by atoms with van der Waals surface area (Å²) in [5, 5.41) is 2.80. The van der Waals surface area contributed by atoms with Crippen LogP contribution in [0.2, 0.25) is 0 Å². The molecule has 0 saturated heterocycles. The first-order valence-electron chi connectivity index (χ1n) is 6.40. The number of carbonyl (C=O) groups excluding carboxylic acids is 1. The van der Waals surface area contributed by atoms with Crippen molar-refractivity contribution in [3.63, 3.8) is 0 Å². The second kappa shape index (κ2) is 6.32. The Balaban J connectivity index is 1.87. The van der Waals surface area contributed by atoms with Crippen molar-refractivity contribution in [1.29, 1.82) is 0 Å². The van der Waals surface area contributed by atoms with Gasteiger partial charge in [0.2, 0.25) is 0 Å².